The van der Waals surface area contributed by atoms with Gasteiger partial charge in [-0.15, -0.1) is 11.8 Å². The predicted molar refractivity (Wildman–Crippen MR) is 156 cm³/mol. The van der Waals surface area contributed by atoms with Crippen molar-refractivity contribution < 1.29 is 23.9 Å². The van der Waals surface area contributed by atoms with Gasteiger partial charge in [0.05, 0.1) is 16.5 Å². The molecule has 0 aliphatic carbocycles. The molecular formula is C27H22BrClN2O5S2. The van der Waals surface area contributed by atoms with Crippen molar-refractivity contribution in [3.63, 3.8) is 0 Å². The van der Waals surface area contributed by atoms with E-state index in [0.717, 1.165) is 27.1 Å². The van der Waals surface area contributed by atoms with Crippen LogP contribution in [-0.2, 0) is 16.2 Å². The molecule has 0 bridgehead atoms. The van der Waals surface area contributed by atoms with Gasteiger partial charge in [-0.1, -0.05) is 35.9 Å². The van der Waals surface area contributed by atoms with Gasteiger partial charge in [0.1, 0.15) is 13.2 Å². The van der Waals surface area contributed by atoms with Crippen LogP contribution >= 0.6 is 51.1 Å². The molecule has 3 aromatic rings. The van der Waals surface area contributed by atoms with Gasteiger partial charge in [0.15, 0.2) is 11.5 Å². The summed E-state index contributed by atoms with van der Waals surface area (Å²) in [6.07, 6.45) is 3.51. The van der Waals surface area contributed by atoms with Gasteiger partial charge < -0.3 is 14.8 Å². The lowest BCUT2D eigenvalue weighted by atomic mass is 10.1. The molecule has 1 heterocycles. The first-order valence-corrected chi connectivity index (χ1v) is 14.4. The van der Waals surface area contributed by atoms with Crippen LogP contribution in [0.5, 0.6) is 11.5 Å². The molecule has 38 heavy (non-hydrogen) atoms. The Kier molecular flexibility index (Phi) is 9.43. The van der Waals surface area contributed by atoms with Gasteiger partial charge >= 0.3 is 0 Å². The molecule has 0 unspecified atom stereocenters. The summed E-state index contributed by atoms with van der Waals surface area (Å²) < 4.78 is 12.1. The maximum Gasteiger partial charge on any atom is 0.294 e. The summed E-state index contributed by atoms with van der Waals surface area (Å²) in [6.45, 7) is -0.149. The van der Waals surface area contributed by atoms with Crippen LogP contribution < -0.4 is 14.8 Å². The number of thioether (sulfide) groups is 2. The van der Waals surface area contributed by atoms with E-state index < -0.39 is 17.1 Å². The Morgan fingerprint density at radius 1 is 1.16 bits per heavy atom. The second-order valence-corrected chi connectivity index (χ2v) is 11.1. The van der Waals surface area contributed by atoms with Crippen molar-refractivity contribution in [1.82, 2.24) is 4.90 Å². The highest BCUT2D eigenvalue weighted by atomic mass is 79.9. The summed E-state index contributed by atoms with van der Waals surface area (Å²) in [5, 5.41) is 2.81. The number of hydrogen-bond donors (Lipinski definition) is 1. The number of anilines is 1. The van der Waals surface area contributed by atoms with Gasteiger partial charge in [-0.2, -0.15) is 0 Å². The molecule has 3 aromatic carbocycles. The van der Waals surface area contributed by atoms with E-state index in [-0.39, 0.29) is 18.1 Å². The highest BCUT2D eigenvalue weighted by Gasteiger charge is 2.36. The first-order chi connectivity index (χ1) is 18.3. The lowest BCUT2D eigenvalue weighted by Gasteiger charge is -2.14. The van der Waals surface area contributed by atoms with Crippen LogP contribution in [0.1, 0.15) is 11.1 Å². The predicted octanol–water partition coefficient (Wildman–Crippen LogP) is 7.09. The van der Waals surface area contributed by atoms with Crippen LogP contribution in [0.2, 0.25) is 5.02 Å². The van der Waals surface area contributed by atoms with Gasteiger partial charge in [0, 0.05) is 21.2 Å². The molecule has 1 fully saturated rings. The monoisotopic (exact) mass is 632 g/mol. The number of methoxy groups -OCH3 is 1. The highest BCUT2D eigenvalue weighted by molar-refractivity contribution is 9.10. The number of rotatable bonds is 9. The van der Waals surface area contributed by atoms with E-state index in [9.17, 15) is 14.4 Å². The van der Waals surface area contributed by atoms with E-state index in [1.807, 2.05) is 42.7 Å². The van der Waals surface area contributed by atoms with Crippen LogP contribution in [0.3, 0.4) is 0 Å². The first-order valence-electron chi connectivity index (χ1n) is 11.2. The first kappa shape index (κ1) is 28.1. The van der Waals surface area contributed by atoms with Crippen LogP contribution in [0, 0.1) is 0 Å². The molecule has 1 aliphatic rings. The zero-order valence-electron chi connectivity index (χ0n) is 20.3. The van der Waals surface area contributed by atoms with Gasteiger partial charge in [-0.05, 0) is 82.0 Å². The molecule has 0 aromatic heterocycles. The molecule has 0 atom stereocenters. The number of hydrogen-bond acceptors (Lipinski definition) is 7. The number of amides is 3. The number of nitrogens with zero attached hydrogens (tertiary/aromatic N) is 1. The van der Waals surface area contributed by atoms with Crippen molar-refractivity contribution in [3.05, 3.63) is 86.2 Å². The summed E-state index contributed by atoms with van der Waals surface area (Å²) >= 11 is 12.0. The zero-order chi connectivity index (χ0) is 27.2. The smallest absolute Gasteiger partial charge is 0.294 e. The molecular weight excluding hydrogens is 612 g/mol. The van der Waals surface area contributed by atoms with Crippen molar-refractivity contribution >= 4 is 79.9 Å². The van der Waals surface area contributed by atoms with E-state index in [2.05, 4.69) is 21.2 Å². The highest BCUT2D eigenvalue weighted by Crippen LogP contribution is 2.39. The molecule has 11 heteroatoms. The van der Waals surface area contributed by atoms with Crippen LogP contribution in [0.15, 0.2) is 74.9 Å². The Morgan fingerprint density at radius 2 is 1.95 bits per heavy atom. The molecule has 0 radical (unpaired) electrons. The Balaban J connectivity index is 1.47. The summed E-state index contributed by atoms with van der Waals surface area (Å²) in [5.41, 5.74) is 2.03. The lowest BCUT2D eigenvalue weighted by molar-refractivity contribution is -0.127. The average Bonchev–Trinajstić information content (AvgIpc) is 3.15. The van der Waals surface area contributed by atoms with E-state index >= 15 is 0 Å². The van der Waals surface area contributed by atoms with Crippen molar-refractivity contribution in [2.24, 2.45) is 0 Å². The fraction of sp³-hybridized carbons (Fsp3) is 0.148. The second-order valence-electron chi connectivity index (χ2n) is 7.96. The number of benzene rings is 3. The maximum atomic E-state index is 13.0. The van der Waals surface area contributed by atoms with Crippen molar-refractivity contribution in [2.75, 3.05) is 25.2 Å². The quantitative estimate of drug-likeness (QED) is 0.199. The topological polar surface area (TPSA) is 84.9 Å². The maximum absolute atomic E-state index is 13.0. The van der Waals surface area contributed by atoms with Crippen molar-refractivity contribution in [2.45, 2.75) is 11.5 Å². The fourth-order valence-corrected chi connectivity index (χ4v) is 5.62. The molecule has 4 rings (SSSR count). The second kappa shape index (κ2) is 12.8. The summed E-state index contributed by atoms with van der Waals surface area (Å²) in [7, 11) is 1.51. The average molecular weight is 634 g/mol. The van der Waals surface area contributed by atoms with Gasteiger partial charge in [-0.3, -0.25) is 19.3 Å². The number of halogens is 2. The van der Waals surface area contributed by atoms with Crippen LogP contribution in [-0.4, -0.2) is 41.9 Å². The Hall–Kier alpha value is -2.92. The number of imide groups is 1. The fourth-order valence-electron chi connectivity index (χ4n) is 3.56. The van der Waals surface area contributed by atoms with Crippen molar-refractivity contribution in [1.29, 1.82) is 0 Å². The van der Waals surface area contributed by atoms with E-state index in [1.54, 1.807) is 42.1 Å². The van der Waals surface area contributed by atoms with Crippen LogP contribution in [0.4, 0.5) is 10.5 Å². The molecule has 0 spiro atoms. The summed E-state index contributed by atoms with van der Waals surface area (Å²) in [4.78, 5) is 40.2. The molecule has 3 amide bonds. The standard InChI is InChI=1S/C27H22BrClN2O5S2/c1-35-22-11-16(10-20(28)25(22)36-15-17-6-3-4-9-21(17)29)12-23-26(33)31(27(34)38-23)14-24(32)30-18-7-5-8-19(13-18)37-2/h3-13H,14-15H2,1-2H3,(H,30,32)/b23-12+. The molecule has 1 saturated heterocycles. The number of carbonyl (C=O) groups excluding carboxylic acids is 3. The summed E-state index contributed by atoms with van der Waals surface area (Å²) in [6, 6.07) is 18.1. The SMILES string of the molecule is COc1cc(/C=C2/SC(=O)N(CC(=O)Nc3cccc(SC)c3)C2=O)cc(Br)c1OCc1ccccc1Cl. The van der Waals surface area contributed by atoms with Crippen molar-refractivity contribution in [3.8, 4) is 11.5 Å². The molecule has 7 nitrogen and oxygen atoms in total. The third-order valence-corrected chi connectivity index (χ3v) is 8.00. The minimum atomic E-state index is -0.540. The minimum absolute atomic E-state index is 0.200. The number of ether oxygens (including phenoxy) is 2. The zero-order valence-corrected chi connectivity index (χ0v) is 24.3. The normalized spacial score (nSPS) is 14.2. The Morgan fingerprint density at radius 3 is 2.68 bits per heavy atom. The molecule has 1 aliphatic heterocycles. The minimum Gasteiger partial charge on any atom is -0.493 e. The molecule has 1 N–H and O–H groups in total. The van der Waals surface area contributed by atoms with Gasteiger partial charge in [0.25, 0.3) is 11.1 Å². The molecule has 196 valence electrons. The largest absolute Gasteiger partial charge is 0.493 e. The van der Waals surface area contributed by atoms with E-state index in [1.165, 1.54) is 7.11 Å². The molecule has 0 saturated carbocycles. The third kappa shape index (κ3) is 6.74. The Labute approximate surface area is 242 Å². The van der Waals surface area contributed by atoms with E-state index in [4.69, 9.17) is 21.1 Å². The van der Waals surface area contributed by atoms with Gasteiger partial charge in [-0.25, -0.2) is 0 Å². The van der Waals surface area contributed by atoms with E-state index in [0.29, 0.717) is 32.2 Å². The number of carbonyl (C=O) groups is 3. The third-order valence-electron chi connectivity index (χ3n) is 5.41. The number of nitrogens with one attached hydrogen (secondary N) is 1. The summed E-state index contributed by atoms with van der Waals surface area (Å²) in [5.74, 6) is -0.0953. The van der Waals surface area contributed by atoms with Crippen LogP contribution in [0.25, 0.3) is 6.08 Å². The van der Waals surface area contributed by atoms with Gasteiger partial charge in [0.2, 0.25) is 5.91 Å². The Bertz CT molecular complexity index is 1430. The lowest BCUT2D eigenvalue weighted by Crippen LogP contribution is -2.36.